The first-order valence-corrected chi connectivity index (χ1v) is 6.29. The minimum atomic E-state index is -0.698. The summed E-state index contributed by atoms with van der Waals surface area (Å²) in [5.41, 5.74) is 1.04. The lowest BCUT2D eigenvalue weighted by atomic mass is 10.2. The molecule has 4 nitrogen and oxygen atoms in total. The molecule has 1 atom stereocenters. The van der Waals surface area contributed by atoms with Crippen LogP contribution in [-0.2, 0) is 11.3 Å². The van der Waals surface area contributed by atoms with Gasteiger partial charge in [-0.1, -0.05) is 0 Å². The van der Waals surface area contributed by atoms with E-state index in [0.717, 1.165) is 36.6 Å². The Morgan fingerprint density at radius 1 is 1.62 bits per heavy atom. The van der Waals surface area contributed by atoms with E-state index in [4.69, 9.17) is 5.11 Å². The number of aliphatic carboxylic acids is 1. The number of rotatable bonds is 3. The van der Waals surface area contributed by atoms with Gasteiger partial charge < -0.3 is 5.11 Å². The summed E-state index contributed by atoms with van der Waals surface area (Å²) in [7, 11) is 0. The van der Waals surface area contributed by atoms with Gasteiger partial charge >= 0.3 is 5.97 Å². The van der Waals surface area contributed by atoms with Crippen LogP contribution in [0.25, 0.3) is 0 Å². The molecule has 2 rings (SSSR count). The molecule has 1 aliphatic rings. The zero-order chi connectivity index (χ0) is 11.7. The van der Waals surface area contributed by atoms with E-state index >= 15 is 0 Å². The van der Waals surface area contributed by atoms with Crippen molar-refractivity contribution in [3.8, 4) is 0 Å². The van der Waals surface area contributed by atoms with Gasteiger partial charge in [-0.15, -0.1) is 11.3 Å². The van der Waals surface area contributed by atoms with Gasteiger partial charge in [0.2, 0.25) is 0 Å². The molecule has 5 heteroatoms. The lowest BCUT2D eigenvalue weighted by Crippen LogP contribution is -2.35. The summed E-state index contributed by atoms with van der Waals surface area (Å²) in [6.45, 7) is 5.59. The van der Waals surface area contributed by atoms with Crippen molar-refractivity contribution in [1.29, 1.82) is 0 Å². The van der Waals surface area contributed by atoms with Gasteiger partial charge in [-0.2, -0.15) is 0 Å². The lowest BCUT2D eigenvalue weighted by Gasteiger charge is -2.20. The van der Waals surface area contributed by atoms with E-state index in [-0.39, 0.29) is 6.04 Å². The van der Waals surface area contributed by atoms with Crippen LogP contribution < -0.4 is 0 Å². The molecule has 88 valence electrons. The van der Waals surface area contributed by atoms with Gasteiger partial charge in [-0.25, -0.2) is 4.98 Å². The predicted molar refractivity (Wildman–Crippen MR) is 62.7 cm³/mol. The number of hydrogen-bond acceptors (Lipinski definition) is 4. The van der Waals surface area contributed by atoms with Crippen LogP contribution in [0.15, 0.2) is 0 Å². The summed E-state index contributed by atoms with van der Waals surface area (Å²) in [5, 5.41) is 10.1. The van der Waals surface area contributed by atoms with Crippen LogP contribution in [0, 0.1) is 13.8 Å². The summed E-state index contributed by atoms with van der Waals surface area (Å²) in [6.07, 6.45) is 1.75. The molecule has 0 spiro atoms. The van der Waals surface area contributed by atoms with E-state index in [0.29, 0.717) is 0 Å². The number of nitrogens with zero attached hydrogens (tertiary/aromatic N) is 2. The van der Waals surface area contributed by atoms with E-state index in [1.807, 2.05) is 18.7 Å². The van der Waals surface area contributed by atoms with Crippen LogP contribution in [0.2, 0.25) is 0 Å². The number of aromatic nitrogens is 1. The SMILES string of the molecule is Cc1nc(C)c(CN2CCC[C@@H]2C(=O)O)s1. The van der Waals surface area contributed by atoms with Crippen LogP contribution in [0.3, 0.4) is 0 Å². The normalized spacial score (nSPS) is 21.5. The third-order valence-corrected chi connectivity index (χ3v) is 4.05. The van der Waals surface area contributed by atoms with Gasteiger partial charge in [-0.3, -0.25) is 9.69 Å². The quantitative estimate of drug-likeness (QED) is 0.875. The van der Waals surface area contributed by atoms with Crippen LogP contribution in [0.1, 0.15) is 28.4 Å². The topological polar surface area (TPSA) is 53.4 Å². The highest BCUT2D eigenvalue weighted by Gasteiger charge is 2.30. The van der Waals surface area contributed by atoms with Crippen molar-refractivity contribution in [2.24, 2.45) is 0 Å². The molecule has 1 aromatic rings. The van der Waals surface area contributed by atoms with Gasteiger partial charge in [0.05, 0.1) is 10.7 Å². The molecule has 0 saturated carbocycles. The van der Waals surface area contributed by atoms with E-state index in [1.165, 1.54) is 4.88 Å². The Kier molecular flexibility index (Phi) is 3.25. The fourth-order valence-corrected chi connectivity index (χ4v) is 3.16. The van der Waals surface area contributed by atoms with Gasteiger partial charge in [0.15, 0.2) is 0 Å². The molecule has 0 bridgehead atoms. The molecule has 16 heavy (non-hydrogen) atoms. The van der Waals surface area contributed by atoms with Crippen LogP contribution in [-0.4, -0.2) is 33.5 Å². The van der Waals surface area contributed by atoms with E-state index < -0.39 is 5.97 Å². The van der Waals surface area contributed by atoms with E-state index in [1.54, 1.807) is 11.3 Å². The Morgan fingerprint density at radius 3 is 2.94 bits per heavy atom. The van der Waals surface area contributed by atoms with Crippen molar-refractivity contribution in [2.75, 3.05) is 6.54 Å². The fraction of sp³-hybridized carbons (Fsp3) is 0.636. The number of thiazole rings is 1. The lowest BCUT2D eigenvalue weighted by molar-refractivity contribution is -0.142. The fourth-order valence-electron chi connectivity index (χ4n) is 2.20. The number of aryl methyl sites for hydroxylation is 2. The minimum Gasteiger partial charge on any atom is -0.480 e. The standard InChI is InChI=1S/C11H16N2O2S/c1-7-10(16-8(2)12-7)6-13-5-3-4-9(13)11(14)15/h9H,3-6H2,1-2H3,(H,14,15)/t9-/m1/s1. The van der Waals surface area contributed by atoms with Crippen molar-refractivity contribution < 1.29 is 9.90 Å². The highest BCUT2D eigenvalue weighted by Crippen LogP contribution is 2.24. The highest BCUT2D eigenvalue weighted by molar-refractivity contribution is 7.11. The van der Waals surface area contributed by atoms with Crippen molar-refractivity contribution in [1.82, 2.24) is 9.88 Å². The summed E-state index contributed by atoms with van der Waals surface area (Å²) >= 11 is 1.67. The first-order chi connectivity index (χ1) is 7.58. The first kappa shape index (κ1) is 11.5. The predicted octanol–water partition coefficient (Wildman–Crippen LogP) is 1.81. The highest BCUT2D eigenvalue weighted by atomic mass is 32.1. The third-order valence-electron chi connectivity index (χ3n) is 3.00. The minimum absolute atomic E-state index is 0.304. The summed E-state index contributed by atoms with van der Waals surface area (Å²) in [5.74, 6) is -0.698. The zero-order valence-electron chi connectivity index (χ0n) is 9.56. The molecule has 0 aromatic carbocycles. The molecular formula is C11H16N2O2S. The number of carbonyl (C=O) groups is 1. The van der Waals surface area contributed by atoms with Gasteiger partial charge in [0.1, 0.15) is 6.04 Å². The Bertz CT molecular complexity index is 403. The van der Waals surface area contributed by atoms with Crippen molar-refractivity contribution >= 4 is 17.3 Å². The molecule has 2 heterocycles. The largest absolute Gasteiger partial charge is 0.480 e. The van der Waals surface area contributed by atoms with Gasteiger partial charge in [-0.05, 0) is 33.2 Å². The second-order valence-corrected chi connectivity index (χ2v) is 5.50. The Labute approximate surface area is 98.9 Å². The second kappa shape index (κ2) is 4.51. The molecule has 1 aromatic heterocycles. The van der Waals surface area contributed by atoms with Crippen molar-refractivity contribution in [3.63, 3.8) is 0 Å². The molecule has 1 N–H and O–H groups in total. The van der Waals surface area contributed by atoms with Crippen molar-refractivity contribution in [2.45, 2.75) is 39.3 Å². The second-order valence-electron chi connectivity index (χ2n) is 4.21. The molecule has 0 radical (unpaired) electrons. The van der Waals surface area contributed by atoms with Gasteiger partial charge in [0, 0.05) is 11.4 Å². The molecular weight excluding hydrogens is 224 g/mol. The Balaban J connectivity index is 2.09. The zero-order valence-corrected chi connectivity index (χ0v) is 10.4. The maximum absolute atomic E-state index is 11.0. The first-order valence-electron chi connectivity index (χ1n) is 5.47. The monoisotopic (exact) mass is 240 g/mol. The maximum Gasteiger partial charge on any atom is 0.320 e. The Hall–Kier alpha value is -0.940. The van der Waals surface area contributed by atoms with Crippen LogP contribution in [0.5, 0.6) is 0 Å². The summed E-state index contributed by atoms with van der Waals surface area (Å²) in [6, 6.07) is -0.304. The third kappa shape index (κ3) is 2.25. The molecule has 0 unspecified atom stereocenters. The number of hydrogen-bond donors (Lipinski definition) is 1. The molecule has 1 fully saturated rings. The number of likely N-dealkylation sites (tertiary alicyclic amines) is 1. The van der Waals surface area contributed by atoms with Crippen LogP contribution in [0.4, 0.5) is 0 Å². The molecule has 0 amide bonds. The molecule has 1 aliphatic heterocycles. The van der Waals surface area contributed by atoms with Crippen molar-refractivity contribution in [3.05, 3.63) is 15.6 Å². The average Bonchev–Trinajstić information content (AvgIpc) is 2.75. The Morgan fingerprint density at radius 2 is 2.38 bits per heavy atom. The van der Waals surface area contributed by atoms with E-state index in [9.17, 15) is 4.79 Å². The van der Waals surface area contributed by atoms with Crippen LogP contribution >= 0.6 is 11.3 Å². The maximum atomic E-state index is 11.0. The van der Waals surface area contributed by atoms with Gasteiger partial charge in [0.25, 0.3) is 0 Å². The number of carboxylic acid groups (broad SMARTS) is 1. The summed E-state index contributed by atoms with van der Waals surface area (Å²) < 4.78 is 0. The number of carboxylic acids is 1. The molecule has 0 aliphatic carbocycles. The smallest absolute Gasteiger partial charge is 0.320 e. The average molecular weight is 240 g/mol. The molecule has 1 saturated heterocycles. The van der Waals surface area contributed by atoms with E-state index in [2.05, 4.69) is 4.98 Å². The summed E-state index contributed by atoms with van der Waals surface area (Å²) in [4.78, 5) is 18.6.